The summed E-state index contributed by atoms with van der Waals surface area (Å²) in [5.74, 6) is 0.732. The Kier molecular flexibility index (Phi) is 3.71. The number of aromatic nitrogens is 4. The van der Waals surface area contributed by atoms with Crippen LogP contribution in [0.3, 0.4) is 0 Å². The van der Waals surface area contributed by atoms with Crippen LogP contribution in [0.1, 0.15) is 5.56 Å². The quantitative estimate of drug-likeness (QED) is 0.547. The van der Waals surface area contributed by atoms with Gasteiger partial charge in [-0.3, -0.25) is 0 Å². The molecular formula is C16H13BrClN5. The van der Waals surface area contributed by atoms with Crippen molar-refractivity contribution in [3.05, 3.63) is 58.0 Å². The van der Waals surface area contributed by atoms with Crippen molar-refractivity contribution in [2.24, 2.45) is 0 Å². The highest BCUT2D eigenvalue weighted by Gasteiger charge is 2.09. The van der Waals surface area contributed by atoms with Crippen molar-refractivity contribution >= 4 is 49.8 Å². The summed E-state index contributed by atoms with van der Waals surface area (Å²) in [4.78, 5) is 7.58. The van der Waals surface area contributed by atoms with Crippen LogP contribution < -0.4 is 5.32 Å². The van der Waals surface area contributed by atoms with Crippen molar-refractivity contribution in [2.45, 2.75) is 6.42 Å². The highest BCUT2D eigenvalue weighted by molar-refractivity contribution is 9.10. The molecule has 116 valence electrons. The highest BCUT2D eigenvalue weighted by atomic mass is 79.9. The number of nitrogens with zero attached hydrogens (tertiary/aromatic N) is 3. The number of anilines is 1. The van der Waals surface area contributed by atoms with Crippen molar-refractivity contribution in [3.63, 3.8) is 0 Å². The summed E-state index contributed by atoms with van der Waals surface area (Å²) in [5.41, 5.74) is 3.33. The normalized spacial score (nSPS) is 11.4. The molecule has 0 fully saturated rings. The predicted octanol–water partition coefficient (Wildman–Crippen LogP) is 4.28. The zero-order valence-corrected chi connectivity index (χ0v) is 14.4. The number of benzene rings is 1. The van der Waals surface area contributed by atoms with Crippen molar-refractivity contribution in [3.8, 4) is 0 Å². The van der Waals surface area contributed by atoms with E-state index in [1.807, 2.05) is 18.2 Å². The standard InChI is InChI=1S/C16H13BrClN5/c17-14-6-5-13-15(21-16(18)22-23(13)14)19-8-7-10-9-20-12-4-2-1-3-11(10)12/h1-6,9,20H,7-8H2,(H,19,21,22). The molecule has 0 aliphatic heterocycles. The first-order chi connectivity index (χ1) is 11.2. The van der Waals surface area contributed by atoms with Gasteiger partial charge in [-0.05, 0) is 57.7 Å². The average Bonchev–Trinajstić information content (AvgIpc) is 3.12. The van der Waals surface area contributed by atoms with E-state index in [4.69, 9.17) is 11.6 Å². The Morgan fingerprint density at radius 2 is 2.09 bits per heavy atom. The number of halogens is 2. The monoisotopic (exact) mass is 389 g/mol. The van der Waals surface area contributed by atoms with Crippen LogP contribution in [0.5, 0.6) is 0 Å². The second-order valence-electron chi connectivity index (χ2n) is 5.22. The Balaban J connectivity index is 1.55. The molecule has 0 aliphatic carbocycles. The molecule has 0 saturated carbocycles. The van der Waals surface area contributed by atoms with Crippen LogP contribution in [0.25, 0.3) is 16.4 Å². The predicted molar refractivity (Wildman–Crippen MR) is 96.2 cm³/mol. The van der Waals surface area contributed by atoms with E-state index in [-0.39, 0.29) is 5.28 Å². The topological polar surface area (TPSA) is 58.0 Å². The highest BCUT2D eigenvalue weighted by Crippen LogP contribution is 2.22. The molecule has 3 heterocycles. The number of aromatic amines is 1. The summed E-state index contributed by atoms with van der Waals surface area (Å²) >= 11 is 9.44. The summed E-state index contributed by atoms with van der Waals surface area (Å²) in [6, 6.07) is 12.2. The van der Waals surface area contributed by atoms with Crippen LogP contribution in [-0.2, 0) is 6.42 Å². The van der Waals surface area contributed by atoms with Crippen LogP contribution in [0.4, 0.5) is 5.82 Å². The lowest BCUT2D eigenvalue weighted by Gasteiger charge is -2.08. The van der Waals surface area contributed by atoms with Gasteiger partial charge in [0.15, 0.2) is 5.82 Å². The summed E-state index contributed by atoms with van der Waals surface area (Å²) < 4.78 is 2.57. The SMILES string of the molecule is Clc1nc(NCCc2c[nH]c3ccccc23)c2ccc(Br)n2n1. The van der Waals surface area contributed by atoms with Gasteiger partial charge >= 0.3 is 0 Å². The minimum atomic E-state index is 0.212. The fourth-order valence-electron chi connectivity index (χ4n) is 2.72. The van der Waals surface area contributed by atoms with E-state index >= 15 is 0 Å². The lowest BCUT2D eigenvalue weighted by molar-refractivity contribution is 0.881. The van der Waals surface area contributed by atoms with Gasteiger partial charge < -0.3 is 10.3 Å². The van der Waals surface area contributed by atoms with Crippen LogP contribution in [-0.4, -0.2) is 26.1 Å². The molecule has 3 aromatic heterocycles. The molecule has 0 saturated heterocycles. The molecule has 0 spiro atoms. The molecule has 0 atom stereocenters. The van der Waals surface area contributed by atoms with E-state index in [2.05, 4.69) is 60.7 Å². The minimum Gasteiger partial charge on any atom is -0.368 e. The summed E-state index contributed by atoms with van der Waals surface area (Å²) in [6.07, 6.45) is 2.95. The van der Waals surface area contributed by atoms with Crippen LogP contribution in [0.2, 0.25) is 5.28 Å². The lowest BCUT2D eigenvalue weighted by atomic mass is 10.1. The third kappa shape index (κ3) is 2.68. The van der Waals surface area contributed by atoms with Gasteiger partial charge in [-0.1, -0.05) is 18.2 Å². The third-order valence-electron chi connectivity index (χ3n) is 3.80. The molecule has 0 aliphatic rings. The first-order valence-electron chi connectivity index (χ1n) is 7.22. The first kappa shape index (κ1) is 14.5. The molecule has 7 heteroatoms. The van der Waals surface area contributed by atoms with E-state index in [1.54, 1.807) is 4.52 Å². The minimum absolute atomic E-state index is 0.212. The fourth-order valence-corrected chi connectivity index (χ4v) is 3.29. The van der Waals surface area contributed by atoms with Gasteiger partial charge in [-0.2, -0.15) is 4.98 Å². The van der Waals surface area contributed by atoms with E-state index in [9.17, 15) is 0 Å². The first-order valence-corrected chi connectivity index (χ1v) is 8.39. The summed E-state index contributed by atoms with van der Waals surface area (Å²) in [6.45, 7) is 0.758. The maximum absolute atomic E-state index is 6.00. The van der Waals surface area contributed by atoms with Gasteiger partial charge in [-0.25, -0.2) is 4.52 Å². The number of para-hydroxylation sites is 1. The second kappa shape index (κ2) is 5.86. The molecule has 2 N–H and O–H groups in total. The molecule has 5 nitrogen and oxygen atoms in total. The Labute approximate surface area is 145 Å². The zero-order valence-electron chi connectivity index (χ0n) is 12.1. The number of rotatable bonds is 4. The number of hydrogen-bond donors (Lipinski definition) is 2. The molecule has 0 amide bonds. The smallest absolute Gasteiger partial charge is 0.243 e. The largest absolute Gasteiger partial charge is 0.368 e. The maximum atomic E-state index is 6.00. The van der Waals surface area contributed by atoms with Gasteiger partial charge in [0.25, 0.3) is 0 Å². The number of fused-ring (bicyclic) bond motifs is 2. The lowest BCUT2D eigenvalue weighted by Crippen LogP contribution is -2.09. The number of hydrogen-bond acceptors (Lipinski definition) is 3. The number of H-pyrrole nitrogens is 1. The van der Waals surface area contributed by atoms with Gasteiger partial charge in [0.1, 0.15) is 10.1 Å². The average molecular weight is 391 g/mol. The molecule has 1 aromatic carbocycles. The zero-order chi connectivity index (χ0) is 15.8. The van der Waals surface area contributed by atoms with Crippen LogP contribution >= 0.6 is 27.5 Å². The van der Waals surface area contributed by atoms with Crippen molar-refractivity contribution in [1.82, 2.24) is 19.6 Å². The Hall–Kier alpha value is -2.05. The maximum Gasteiger partial charge on any atom is 0.243 e. The van der Waals surface area contributed by atoms with E-state index in [0.29, 0.717) is 0 Å². The van der Waals surface area contributed by atoms with Gasteiger partial charge in [0, 0.05) is 23.6 Å². The molecule has 0 bridgehead atoms. The molecule has 0 radical (unpaired) electrons. The second-order valence-corrected chi connectivity index (χ2v) is 6.37. The summed E-state index contributed by atoms with van der Waals surface area (Å²) in [5, 5.41) is 8.99. The molecule has 0 unspecified atom stereocenters. The Bertz CT molecular complexity index is 991. The van der Waals surface area contributed by atoms with E-state index < -0.39 is 0 Å². The van der Waals surface area contributed by atoms with Gasteiger partial charge in [0.2, 0.25) is 5.28 Å². The van der Waals surface area contributed by atoms with Crippen LogP contribution in [0, 0.1) is 0 Å². The third-order valence-corrected chi connectivity index (χ3v) is 4.56. The Morgan fingerprint density at radius 3 is 3.00 bits per heavy atom. The fraction of sp³-hybridized carbons (Fsp3) is 0.125. The van der Waals surface area contributed by atoms with Crippen LogP contribution in [0.15, 0.2) is 47.2 Å². The van der Waals surface area contributed by atoms with Crippen molar-refractivity contribution < 1.29 is 0 Å². The van der Waals surface area contributed by atoms with Crippen molar-refractivity contribution in [2.75, 3.05) is 11.9 Å². The van der Waals surface area contributed by atoms with Gasteiger partial charge in [0.05, 0.1) is 0 Å². The number of nitrogens with one attached hydrogen (secondary N) is 2. The molecule has 4 aromatic rings. The van der Waals surface area contributed by atoms with E-state index in [1.165, 1.54) is 10.9 Å². The molecule has 4 rings (SSSR count). The van der Waals surface area contributed by atoms with Gasteiger partial charge in [-0.15, -0.1) is 5.10 Å². The van der Waals surface area contributed by atoms with E-state index in [0.717, 1.165) is 34.4 Å². The molecule has 23 heavy (non-hydrogen) atoms. The van der Waals surface area contributed by atoms with Crippen molar-refractivity contribution in [1.29, 1.82) is 0 Å². The summed E-state index contributed by atoms with van der Waals surface area (Å²) in [7, 11) is 0. The molecular weight excluding hydrogens is 378 g/mol. The Morgan fingerprint density at radius 1 is 1.22 bits per heavy atom.